The van der Waals surface area contributed by atoms with Crippen LogP contribution in [-0.4, -0.2) is 20.3 Å². The summed E-state index contributed by atoms with van der Waals surface area (Å²) >= 11 is 0. The Morgan fingerprint density at radius 3 is 1.72 bits per heavy atom. The molecule has 0 spiro atoms. The van der Waals surface area contributed by atoms with Gasteiger partial charge in [0.2, 0.25) is 5.91 Å². The van der Waals surface area contributed by atoms with E-state index in [-0.39, 0.29) is 24.2 Å². The fraction of sp³-hybridized carbons (Fsp3) is 0.500. The number of carbonyl (C=O) groups is 1. The van der Waals surface area contributed by atoms with Gasteiger partial charge in [-0.25, -0.2) is 4.21 Å². The number of amides is 1. The van der Waals surface area contributed by atoms with Crippen molar-refractivity contribution >= 4 is 16.9 Å². The molecule has 0 aromatic heterocycles. The maximum absolute atomic E-state index is 13.1. The molecular weight excluding hydrogens is 422 g/mol. The molecule has 2 aromatic rings. The summed E-state index contributed by atoms with van der Waals surface area (Å²) in [6.45, 7) is 14.9. The Hall–Kier alpha value is -2.02. The highest BCUT2D eigenvalue weighted by Crippen LogP contribution is 2.30. The first-order chi connectivity index (χ1) is 14.6. The number of nitrogens with one attached hydrogen (secondary N) is 1. The van der Waals surface area contributed by atoms with Gasteiger partial charge in [0.25, 0.3) is 0 Å². The number of rotatable bonds is 8. The molecule has 0 bridgehead atoms. The van der Waals surface area contributed by atoms with Gasteiger partial charge in [-0.05, 0) is 79.5 Å². The van der Waals surface area contributed by atoms with Crippen LogP contribution >= 0.6 is 0 Å². The van der Waals surface area contributed by atoms with Crippen LogP contribution in [0.3, 0.4) is 0 Å². The zero-order valence-electron chi connectivity index (χ0n) is 20.4. The summed E-state index contributed by atoms with van der Waals surface area (Å²) in [6.07, 6.45) is 0.136. The van der Waals surface area contributed by atoms with Crippen molar-refractivity contribution in [3.8, 4) is 0 Å². The van der Waals surface area contributed by atoms with Crippen LogP contribution in [0.15, 0.2) is 41.3 Å². The number of hydrogen-bond acceptors (Lipinski definition) is 4. The van der Waals surface area contributed by atoms with E-state index in [1.165, 1.54) is 0 Å². The van der Waals surface area contributed by atoms with Crippen LogP contribution < -0.4 is 4.72 Å². The molecule has 0 saturated carbocycles. The van der Waals surface area contributed by atoms with E-state index in [0.29, 0.717) is 16.0 Å². The van der Waals surface area contributed by atoms with Gasteiger partial charge < -0.3 is 10.2 Å². The molecule has 32 heavy (non-hydrogen) atoms. The molecule has 0 aliphatic heterocycles. The van der Waals surface area contributed by atoms with Crippen molar-refractivity contribution in [3.05, 3.63) is 64.2 Å². The second-order valence-electron chi connectivity index (χ2n) is 10.1. The van der Waals surface area contributed by atoms with Crippen molar-refractivity contribution in [2.45, 2.75) is 89.7 Å². The first-order valence-corrected chi connectivity index (χ1v) is 12.2. The second-order valence-corrected chi connectivity index (χ2v) is 11.3. The van der Waals surface area contributed by atoms with E-state index in [1.807, 2.05) is 18.2 Å². The van der Waals surface area contributed by atoms with Gasteiger partial charge in [-0.15, -0.1) is 0 Å². The lowest BCUT2D eigenvalue weighted by Gasteiger charge is -2.24. The summed E-state index contributed by atoms with van der Waals surface area (Å²) in [5.41, 5.74) is 1.87. The van der Waals surface area contributed by atoms with E-state index in [2.05, 4.69) is 32.4 Å². The van der Waals surface area contributed by atoms with Crippen LogP contribution in [0.25, 0.3) is 0 Å². The van der Waals surface area contributed by atoms with Crippen LogP contribution in [0.2, 0.25) is 0 Å². The molecule has 0 heterocycles. The SMILES string of the molecule is CC(C)c1cccc(C(C)C)c1CC(=O)NS(=O)c1cc(C(C)(C)O)cc(C(C)(C)O)c1. The lowest BCUT2D eigenvalue weighted by atomic mass is 9.87. The zero-order valence-corrected chi connectivity index (χ0v) is 21.3. The van der Waals surface area contributed by atoms with Crippen LogP contribution in [0.4, 0.5) is 0 Å². The molecule has 2 aromatic carbocycles. The first-order valence-electron chi connectivity index (χ1n) is 11.0. The fourth-order valence-corrected chi connectivity index (χ4v) is 4.55. The zero-order chi connectivity index (χ0) is 24.4. The summed E-state index contributed by atoms with van der Waals surface area (Å²) in [7, 11) is -1.83. The molecule has 176 valence electrons. The largest absolute Gasteiger partial charge is 0.386 e. The first kappa shape index (κ1) is 26.2. The molecule has 1 atom stereocenters. The van der Waals surface area contributed by atoms with Crippen molar-refractivity contribution in [2.24, 2.45) is 0 Å². The molecular formula is C26H37NO4S. The van der Waals surface area contributed by atoms with Gasteiger partial charge in [0.15, 0.2) is 11.0 Å². The predicted molar refractivity (Wildman–Crippen MR) is 130 cm³/mol. The Morgan fingerprint density at radius 1 is 0.906 bits per heavy atom. The Bertz CT molecular complexity index is 939. The van der Waals surface area contributed by atoms with E-state index in [4.69, 9.17) is 0 Å². The topological polar surface area (TPSA) is 86.6 Å². The summed E-state index contributed by atoms with van der Waals surface area (Å²) < 4.78 is 15.7. The third-order valence-corrected chi connectivity index (χ3v) is 6.65. The molecule has 6 heteroatoms. The normalized spacial score (nSPS) is 13.5. The standard InChI is InChI=1S/C26H37NO4S/c1-16(2)21-10-9-11-22(17(3)4)23(21)15-24(28)27-32(31)20-13-18(25(5,6)29)12-19(14-20)26(7,8)30/h9-14,16-17,29-30H,15H2,1-8H3,(H,27,28). The van der Waals surface area contributed by atoms with Crippen LogP contribution in [0, 0.1) is 0 Å². The number of carbonyl (C=O) groups excluding carboxylic acids is 1. The van der Waals surface area contributed by atoms with E-state index in [0.717, 1.165) is 16.7 Å². The van der Waals surface area contributed by atoms with Crippen LogP contribution in [0.5, 0.6) is 0 Å². The minimum Gasteiger partial charge on any atom is -0.386 e. The third-order valence-electron chi connectivity index (χ3n) is 5.57. The van der Waals surface area contributed by atoms with Gasteiger partial charge >= 0.3 is 0 Å². The second kappa shape index (κ2) is 9.86. The van der Waals surface area contributed by atoms with Crippen LogP contribution in [-0.2, 0) is 33.4 Å². The Balaban J connectivity index is 2.36. The number of benzene rings is 2. The Kier molecular flexibility index (Phi) is 8.08. The highest BCUT2D eigenvalue weighted by Gasteiger charge is 2.25. The molecule has 3 N–H and O–H groups in total. The maximum atomic E-state index is 13.1. The number of hydrogen-bond donors (Lipinski definition) is 3. The lowest BCUT2D eigenvalue weighted by Crippen LogP contribution is -2.29. The molecule has 5 nitrogen and oxygen atoms in total. The average molecular weight is 460 g/mol. The molecule has 0 aliphatic carbocycles. The summed E-state index contributed by atoms with van der Waals surface area (Å²) in [6, 6.07) is 11.0. The summed E-state index contributed by atoms with van der Waals surface area (Å²) in [5, 5.41) is 20.9. The predicted octanol–water partition coefficient (Wildman–Crippen LogP) is 4.77. The molecule has 0 aliphatic rings. The third kappa shape index (κ3) is 6.50. The van der Waals surface area contributed by atoms with Gasteiger partial charge in [0.05, 0.1) is 22.5 Å². The molecule has 0 radical (unpaired) electrons. The van der Waals surface area contributed by atoms with Gasteiger partial charge in [-0.1, -0.05) is 52.0 Å². The molecule has 0 saturated heterocycles. The minimum atomic E-state index is -1.83. The monoisotopic (exact) mass is 459 g/mol. The highest BCUT2D eigenvalue weighted by molar-refractivity contribution is 7.83. The van der Waals surface area contributed by atoms with Gasteiger partial charge in [0.1, 0.15) is 0 Å². The van der Waals surface area contributed by atoms with Crippen molar-refractivity contribution in [1.82, 2.24) is 4.72 Å². The highest BCUT2D eigenvalue weighted by atomic mass is 32.2. The van der Waals surface area contributed by atoms with Crippen LogP contribution in [0.1, 0.15) is 95.0 Å². The fourth-order valence-electron chi connectivity index (χ4n) is 3.68. The molecule has 0 fully saturated rings. The average Bonchev–Trinajstić information content (AvgIpc) is 2.65. The Morgan fingerprint density at radius 2 is 1.34 bits per heavy atom. The van der Waals surface area contributed by atoms with Gasteiger partial charge in [0, 0.05) is 0 Å². The number of aliphatic hydroxyl groups is 2. The summed E-state index contributed by atoms with van der Waals surface area (Å²) in [5.74, 6) is 0.191. The maximum Gasteiger partial charge on any atom is 0.236 e. The van der Waals surface area contributed by atoms with Gasteiger partial charge in [-0.2, -0.15) is 0 Å². The van der Waals surface area contributed by atoms with Crippen molar-refractivity contribution in [1.29, 1.82) is 0 Å². The lowest BCUT2D eigenvalue weighted by molar-refractivity contribution is -0.118. The molecule has 1 unspecified atom stereocenters. The van der Waals surface area contributed by atoms with Crippen molar-refractivity contribution in [2.75, 3.05) is 0 Å². The minimum absolute atomic E-state index is 0.136. The summed E-state index contributed by atoms with van der Waals surface area (Å²) in [4.78, 5) is 13.2. The van der Waals surface area contributed by atoms with Gasteiger partial charge in [-0.3, -0.25) is 9.52 Å². The smallest absolute Gasteiger partial charge is 0.236 e. The van der Waals surface area contributed by atoms with E-state index >= 15 is 0 Å². The van der Waals surface area contributed by atoms with Crippen molar-refractivity contribution < 1.29 is 19.2 Å². The van der Waals surface area contributed by atoms with E-state index in [9.17, 15) is 19.2 Å². The Labute approximate surface area is 194 Å². The van der Waals surface area contributed by atoms with E-state index in [1.54, 1.807) is 45.9 Å². The van der Waals surface area contributed by atoms with E-state index < -0.39 is 22.2 Å². The quantitative estimate of drug-likeness (QED) is 0.531. The van der Waals surface area contributed by atoms with Crippen molar-refractivity contribution in [3.63, 3.8) is 0 Å². The molecule has 1 amide bonds. The molecule has 2 rings (SSSR count).